The number of ether oxygens (including phenoxy) is 1. The fraction of sp³-hybridized carbons (Fsp3) is 0.500. The largest absolute Gasteiger partial charge is 0.489 e. The van der Waals surface area contributed by atoms with Crippen molar-refractivity contribution in [2.24, 2.45) is 0 Å². The fourth-order valence-corrected chi connectivity index (χ4v) is 1.37. The first kappa shape index (κ1) is 11.4. The summed E-state index contributed by atoms with van der Waals surface area (Å²) in [5, 5.41) is 5.59. The molecule has 0 aromatic carbocycles. The van der Waals surface area contributed by atoms with Gasteiger partial charge in [0, 0.05) is 6.04 Å². The molecule has 7 nitrogen and oxygen atoms in total. The maximum absolute atomic E-state index is 11.4. The first-order valence-corrected chi connectivity index (χ1v) is 5.35. The molecule has 0 unspecified atom stereocenters. The highest BCUT2D eigenvalue weighted by Gasteiger charge is 2.23. The molecule has 1 aromatic heterocycles. The van der Waals surface area contributed by atoms with Crippen molar-refractivity contribution in [3.05, 3.63) is 16.7 Å². The van der Waals surface area contributed by atoms with Gasteiger partial charge in [-0.15, -0.1) is 0 Å². The van der Waals surface area contributed by atoms with Gasteiger partial charge in [0.25, 0.3) is 5.56 Å². The summed E-state index contributed by atoms with van der Waals surface area (Å²) in [6.07, 6.45) is 3.34. The molecular weight excluding hydrogens is 224 g/mol. The molecule has 0 atom stereocenters. The van der Waals surface area contributed by atoms with E-state index >= 15 is 0 Å². The Kier molecular flexibility index (Phi) is 3.27. The topological polar surface area (TPSA) is 96.1 Å². The van der Waals surface area contributed by atoms with Gasteiger partial charge in [-0.05, 0) is 12.8 Å². The Balaban J connectivity index is 1.95. The highest BCUT2D eigenvalue weighted by molar-refractivity contribution is 5.81. The molecule has 7 heteroatoms. The molecule has 1 aromatic rings. The van der Waals surface area contributed by atoms with Gasteiger partial charge in [0.05, 0.1) is 20.0 Å². The molecule has 0 spiro atoms. The molecule has 3 N–H and O–H groups in total. The van der Waals surface area contributed by atoms with Crippen molar-refractivity contribution in [3.63, 3.8) is 0 Å². The SMILES string of the molecule is COc1c(NCC(=O)NC2CC2)nc[nH]c1=O. The minimum absolute atomic E-state index is 0.0727. The predicted molar refractivity (Wildman–Crippen MR) is 61.1 cm³/mol. The number of nitrogens with zero attached hydrogens (tertiary/aromatic N) is 1. The van der Waals surface area contributed by atoms with Gasteiger partial charge in [-0.2, -0.15) is 0 Å². The summed E-state index contributed by atoms with van der Waals surface area (Å²) < 4.78 is 4.90. The zero-order valence-electron chi connectivity index (χ0n) is 9.45. The summed E-state index contributed by atoms with van der Waals surface area (Å²) in [5.41, 5.74) is -0.382. The number of nitrogens with one attached hydrogen (secondary N) is 3. The van der Waals surface area contributed by atoms with E-state index in [0.29, 0.717) is 6.04 Å². The number of aromatic nitrogens is 2. The molecule has 1 saturated carbocycles. The lowest BCUT2D eigenvalue weighted by Crippen LogP contribution is -2.32. The van der Waals surface area contributed by atoms with E-state index in [1.165, 1.54) is 13.4 Å². The predicted octanol–water partition coefficient (Wildman–Crippen LogP) is -0.531. The van der Waals surface area contributed by atoms with Crippen LogP contribution < -0.4 is 20.9 Å². The minimum atomic E-state index is -0.382. The maximum atomic E-state index is 11.4. The molecular formula is C10H14N4O3. The molecule has 0 saturated heterocycles. The second-order valence-electron chi connectivity index (χ2n) is 3.81. The van der Waals surface area contributed by atoms with Gasteiger partial charge in [-0.3, -0.25) is 9.59 Å². The minimum Gasteiger partial charge on any atom is -0.489 e. The Bertz CT molecular complexity index is 467. The average molecular weight is 238 g/mol. The van der Waals surface area contributed by atoms with E-state index in [9.17, 15) is 9.59 Å². The van der Waals surface area contributed by atoms with Crippen molar-refractivity contribution in [1.82, 2.24) is 15.3 Å². The number of aromatic amines is 1. The maximum Gasteiger partial charge on any atom is 0.295 e. The molecule has 1 aliphatic rings. The molecule has 0 aliphatic heterocycles. The van der Waals surface area contributed by atoms with E-state index in [1.807, 2.05) is 0 Å². The van der Waals surface area contributed by atoms with Gasteiger partial charge < -0.3 is 20.4 Å². The summed E-state index contributed by atoms with van der Waals surface area (Å²) in [6, 6.07) is 0.318. The van der Waals surface area contributed by atoms with Gasteiger partial charge >= 0.3 is 0 Å². The molecule has 1 amide bonds. The lowest BCUT2D eigenvalue weighted by Gasteiger charge is -2.08. The number of methoxy groups -OCH3 is 1. The Hall–Kier alpha value is -2.05. The summed E-state index contributed by atoms with van der Waals surface area (Å²) >= 11 is 0. The van der Waals surface area contributed by atoms with Crippen LogP contribution in [0.1, 0.15) is 12.8 Å². The number of hydrogen-bond donors (Lipinski definition) is 3. The second-order valence-corrected chi connectivity index (χ2v) is 3.81. The van der Waals surface area contributed by atoms with Crippen molar-refractivity contribution >= 4 is 11.7 Å². The number of amides is 1. The molecule has 1 heterocycles. The zero-order chi connectivity index (χ0) is 12.3. The van der Waals surface area contributed by atoms with Crippen molar-refractivity contribution in [2.75, 3.05) is 19.0 Å². The quantitative estimate of drug-likeness (QED) is 0.640. The van der Waals surface area contributed by atoms with Crippen LogP contribution in [0.2, 0.25) is 0 Å². The number of carbonyl (C=O) groups is 1. The molecule has 0 bridgehead atoms. The van der Waals surface area contributed by atoms with E-state index < -0.39 is 0 Å². The summed E-state index contributed by atoms with van der Waals surface area (Å²) in [4.78, 5) is 29.1. The zero-order valence-corrected chi connectivity index (χ0v) is 9.45. The molecule has 1 fully saturated rings. The number of H-pyrrole nitrogens is 1. The standard InChI is InChI=1S/C10H14N4O3/c1-17-8-9(12-5-13-10(8)16)11-4-7(15)14-6-2-3-6/h5-6H,2-4H2,1H3,(H,14,15)(H2,11,12,13,16). The van der Waals surface area contributed by atoms with Crippen molar-refractivity contribution in [3.8, 4) is 5.75 Å². The van der Waals surface area contributed by atoms with Crippen molar-refractivity contribution in [2.45, 2.75) is 18.9 Å². The van der Waals surface area contributed by atoms with E-state index in [4.69, 9.17) is 4.74 Å². The van der Waals surface area contributed by atoms with Gasteiger partial charge in [-0.1, -0.05) is 0 Å². The van der Waals surface area contributed by atoms with Crippen molar-refractivity contribution < 1.29 is 9.53 Å². The lowest BCUT2D eigenvalue weighted by atomic mass is 10.4. The Morgan fingerprint density at radius 2 is 2.41 bits per heavy atom. The smallest absolute Gasteiger partial charge is 0.295 e. The molecule has 17 heavy (non-hydrogen) atoms. The number of hydrogen-bond acceptors (Lipinski definition) is 5. The summed E-state index contributed by atoms with van der Waals surface area (Å²) in [5.74, 6) is 0.227. The highest BCUT2D eigenvalue weighted by atomic mass is 16.5. The third-order valence-electron chi connectivity index (χ3n) is 2.37. The molecule has 0 radical (unpaired) electrons. The Morgan fingerprint density at radius 1 is 1.65 bits per heavy atom. The van der Waals surface area contributed by atoms with Crippen LogP contribution in [-0.4, -0.2) is 35.6 Å². The molecule has 1 aliphatic carbocycles. The van der Waals surface area contributed by atoms with Crippen LogP contribution in [0.5, 0.6) is 5.75 Å². The normalized spacial score (nSPS) is 14.2. The van der Waals surface area contributed by atoms with Gasteiger partial charge in [0.1, 0.15) is 0 Å². The Labute approximate surface area is 97.6 Å². The summed E-state index contributed by atoms with van der Waals surface area (Å²) in [7, 11) is 1.38. The van der Waals surface area contributed by atoms with E-state index in [0.717, 1.165) is 12.8 Å². The van der Waals surface area contributed by atoms with E-state index in [-0.39, 0.29) is 29.6 Å². The van der Waals surface area contributed by atoms with E-state index in [2.05, 4.69) is 20.6 Å². The van der Waals surface area contributed by atoms with Crippen LogP contribution in [0.3, 0.4) is 0 Å². The first-order valence-electron chi connectivity index (χ1n) is 5.35. The van der Waals surface area contributed by atoms with Crippen LogP contribution in [0.15, 0.2) is 11.1 Å². The summed E-state index contributed by atoms with van der Waals surface area (Å²) in [6.45, 7) is 0.0727. The monoisotopic (exact) mass is 238 g/mol. The molecule has 2 rings (SSSR count). The first-order chi connectivity index (χ1) is 8.20. The van der Waals surface area contributed by atoms with E-state index in [1.54, 1.807) is 0 Å². The van der Waals surface area contributed by atoms with Crippen LogP contribution in [0, 0.1) is 0 Å². The lowest BCUT2D eigenvalue weighted by molar-refractivity contribution is -0.119. The number of anilines is 1. The average Bonchev–Trinajstić information content (AvgIpc) is 3.10. The van der Waals surface area contributed by atoms with Gasteiger partial charge in [0.2, 0.25) is 11.7 Å². The fourth-order valence-electron chi connectivity index (χ4n) is 1.37. The third-order valence-corrected chi connectivity index (χ3v) is 2.37. The molecule has 92 valence electrons. The number of carbonyl (C=O) groups excluding carboxylic acids is 1. The van der Waals surface area contributed by atoms with Crippen LogP contribution >= 0.6 is 0 Å². The van der Waals surface area contributed by atoms with Crippen LogP contribution in [0.25, 0.3) is 0 Å². The van der Waals surface area contributed by atoms with Gasteiger partial charge in [0.15, 0.2) is 5.82 Å². The van der Waals surface area contributed by atoms with Crippen molar-refractivity contribution in [1.29, 1.82) is 0 Å². The number of rotatable bonds is 5. The van der Waals surface area contributed by atoms with Crippen LogP contribution in [0.4, 0.5) is 5.82 Å². The Morgan fingerprint density at radius 3 is 3.06 bits per heavy atom. The third kappa shape index (κ3) is 2.96. The second kappa shape index (κ2) is 4.86. The highest BCUT2D eigenvalue weighted by Crippen LogP contribution is 2.18. The van der Waals surface area contributed by atoms with Gasteiger partial charge in [-0.25, -0.2) is 4.98 Å². The van der Waals surface area contributed by atoms with Crippen LogP contribution in [-0.2, 0) is 4.79 Å².